The van der Waals surface area contributed by atoms with Crippen molar-refractivity contribution < 1.29 is 19.1 Å². The third kappa shape index (κ3) is 6.88. The predicted octanol–water partition coefficient (Wildman–Crippen LogP) is 4.87. The molecule has 0 unspecified atom stereocenters. The highest BCUT2D eigenvalue weighted by Gasteiger charge is 2.27. The zero-order chi connectivity index (χ0) is 26.0. The molecule has 0 aliphatic carbocycles. The normalized spacial score (nSPS) is 17.4. The smallest absolute Gasteiger partial charge is 0.257 e. The number of amides is 2. The first kappa shape index (κ1) is 26.2. The van der Waals surface area contributed by atoms with Crippen molar-refractivity contribution in [1.29, 1.82) is 0 Å². The van der Waals surface area contributed by atoms with Gasteiger partial charge in [0.25, 0.3) is 11.8 Å². The van der Waals surface area contributed by atoms with Crippen molar-refractivity contribution in [3.8, 4) is 11.6 Å². The van der Waals surface area contributed by atoms with Crippen LogP contribution >= 0.6 is 0 Å². The molecule has 0 bridgehead atoms. The molecule has 2 aromatic carbocycles. The van der Waals surface area contributed by atoms with Crippen molar-refractivity contribution in [2.24, 2.45) is 0 Å². The van der Waals surface area contributed by atoms with Gasteiger partial charge in [-0.05, 0) is 43.0 Å². The third-order valence-electron chi connectivity index (χ3n) is 6.75. The topological polar surface area (TPSA) is 72.0 Å². The molecule has 0 N–H and O–H groups in total. The number of carbonyl (C=O) groups excluding carboxylic acids is 2. The summed E-state index contributed by atoms with van der Waals surface area (Å²) < 4.78 is 11.5. The summed E-state index contributed by atoms with van der Waals surface area (Å²) in [6.45, 7) is 1.56. The lowest BCUT2D eigenvalue weighted by atomic mass is 10.0. The molecule has 3 aromatic rings. The Bertz CT molecular complexity index is 1170. The Morgan fingerprint density at radius 2 is 1.70 bits per heavy atom. The Morgan fingerprint density at radius 3 is 2.43 bits per heavy atom. The average molecular weight is 502 g/mol. The van der Waals surface area contributed by atoms with Crippen molar-refractivity contribution >= 4 is 11.8 Å². The second-order valence-electron chi connectivity index (χ2n) is 9.38. The van der Waals surface area contributed by atoms with Crippen LogP contribution in [0.2, 0.25) is 0 Å². The van der Waals surface area contributed by atoms with Crippen LogP contribution in [0, 0.1) is 0 Å². The van der Waals surface area contributed by atoms with Gasteiger partial charge >= 0.3 is 0 Å². The Labute approximate surface area is 219 Å². The maximum atomic E-state index is 13.8. The van der Waals surface area contributed by atoms with Crippen LogP contribution in [-0.2, 0) is 6.42 Å². The number of carbonyl (C=O) groups is 2. The lowest BCUT2D eigenvalue weighted by Gasteiger charge is -2.33. The highest BCUT2D eigenvalue weighted by Crippen LogP contribution is 2.23. The summed E-state index contributed by atoms with van der Waals surface area (Å²) in [6, 6.07) is 20.7. The van der Waals surface area contributed by atoms with E-state index in [-0.39, 0.29) is 24.5 Å². The van der Waals surface area contributed by atoms with Crippen molar-refractivity contribution in [3.63, 3.8) is 0 Å². The Hall–Kier alpha value is -3.87. The van der Waals surface area contributed by atoms with Gasteiger partial charge in [0.2, 0.25) is 5.88 Å². The van der Waals surface area contributed by atoms with E-state index in [1.54, 1.807) is 36.4 Å². The molecule has 7 heteroatoms. The van der Waals surface area contributed by atoms with Crippen LogP contribution in [-0.4, -0.2) is 66.5 Å². The third-order valence-corrected chi connectivity index (χ3v) is 6.75. The molecule has 37 heavy (non-hydrogen) atoms. The summed E-state index contributed by atoms with van der Waals surface area (Å²) >= 11 is 0. The summed E-state index contributed by atoms with van der Waals surface area (Å²) in [5.74, 6) is 0.862. The summed E-state index contributed by atoms with van der Waals surface area (Å²) in [5.41, 5.74) is 2.17. The van der Waals surface area contributed by atoms with Crippen LogP contribution in [0.4, 0.5) is 0 Å². The number of hydrogen-bond donors (Lipinski definition) is 0. The highest BCUT2D eigenvalue weighted by atomic mass is 16.5. The number of fused-ring (bicyclic) bond motifs is 1. The van der Waals surface area contributed by atoms with Gasteiger partial charge in [-0.1, -0.05) is 55.3 Å². The van der Waals surface area contributed by atoms with E-state index in [0.29, 0.717) is 42.3 Å². The number of hydrogen-bond acceptors (Lipinski definition) is 5. The van der Waals surface area contributed by atoms with Crippen molar-refractivity contribution in [1.82, 2.24) is 14.8 Å². The van der Waals surface area contributed by atoms with E-state index in [1.807, 2.05) is 48.3 Å². The molecule has 4 rings (SSSR count). The van der Waals surface area contributed by atoms with Gasteiger partial charge in [-0.25, -0.2) is 4.98 Å². The first-order valence-corrected chi connectivity index (χ1v) is 12.9. The molecule has 0 fully saturated rings. The van der Waals surface area contributed by atoms with Crippen LogP contribution in [0.15, 0.2) is 72.9 Å². The van der Waals surface area contributed by atoms with Crippen LogP contribution in [0.25, 0.3) is 0 Å². The van der Waals surface area contributed by atoms with Gasteiger partial charge in [-0.2, -0.15) is 0 Å². The zero-order valence-corrected chi connectivity index (χ0v) is 21.6. The van der Waals surface area contributed by atoms with Gasteiger partial charge in [-0.3, -0.25) is 9.59 Å². The van der Waals surface area contributed by atoms with Crippen molar-refractivity contribution in [2.75, 3.05) is 33.9 Å². The molecule has 7 nitrogen and oxygen atoms in total. The lowest BCUT2D eigenvalue weighted by Crippen LogP contribution is -2.45. The number of pyridine rings is 1. The second kappa shape index (κ2) is 12.9. The number of ether oxygens (including phenoxy) is 2. The van der Waals surface area contributed by atoms with Crippen LogP contribution in [0.1, 0.15) is 52.0 Å². The molecular weight excluding hydrogens is 466 g/mol. The van der Waals surface area contributed by atoms with Crippen LogP contribution < -0.4 is 9.47 Å². The van der Waals surface area contributed by atoms with E-state index in [0.717, 1.165) is 31.2 Å². The second-order valence-corrected chi connectivity index (χ2v) is 9.38. The Balaban J connectivity index is 1.67. The molecule has 1 aliphatic rings. The van der Waals surface area contributed by atoms with E-state index in [9.17, 15) is 9.59 Å². The van der Waals surface area contributed by atoms with Crippen LogP contribution in [0.3, 0.4) is 0 Å². The first-order chi connectivity index (χ1) is 18.1. The minimum absolute atomic E-state index is 0.0514. The fraction of sp³-hybridized carbons (Fsp3) is 0.367. The summed E-state index contributed by atoms with van der Waals surface area (Å²) in [6.07, 6.45) is 5.94. The molecule has 0 radical (unpaired) electrons. The number of methoxy groups -OCH3 is 1. The quantitative estimate of drug-likeness (QED) is 0.510. The molecule has 194 valence electrons. The first-order valence-electron chi connectivity index (χ1n) is 12.9. The van der Waals surface area contributed by atoms with Gasteiger partial charge in [0, 0.05) is 32.4 Å². The molecule has 0 spiro atoms. The number of para-hydroxylation sites is 1. The minimum atomic E-state index is -0.235. The molecule has 2 amide bonds. The average Bonchev–Trinajstić information content (AvgIpc) is 2.94. The fourth-order valence-electron chi connectivity index (χ4n) is 4.64. The van der Waals surface area contributed by atoms with Gasteiger partial charge in [0.05, 0.1) is 24.3 Å². The van der Waals surface area contributed by atoms with E-state index in [1.165, 1.54) is 0 Å². The van der Waals surface area contributed by atoms with Gasteiger partial charge in [0.1, 0.15) is 12.4 Å². The predicted molar refractivity (Wildman–Crippen MR) is 143 cm³/mol. The van der Waals surface area contributed by atoms with E-state index in [4.69, 9.17) is 9.47 Å². The molecule has 1 aromatic heterocycles. The summed E-state index contributed by atoms with van der Waals surface area (Å²) in [7, 11) is 3.39. The molecule has 1 aliphatic heterocycles. The molecule has 0 saturated heterocycles. The molecule has 0 saturated carbocycles. The highest BCUT2D eigenvalue weighted by molar-refractivity contribution is 5.97. The van der Waals surface area contributed by atoms with E-state index >= 15 is 0 Å². The monoisotopic (exact) mass is 501 g/mol. The number of rotatable bonds is 4. The maximum absolute atomic E-state index is 13.8. The zero-order valence-electron chi connectivity index (χ0n) is 21.6. The number of nitrogens with zero attached hydrogens (tertiary/aromatic N) is 3. The minimum Gasteiger partial charge on any atom is -0.491 e. The largest absolute Gasteiger partial charge is 0.491 e. The fourth-order valence-corrected chi connectivity index (χ4v) is 4.64. The molecule has 1 atom stereocenters. The van der Waals surface area contributed by atoms with E-state index in [2.05, 4.69) is 17.1 Å². The molecular formula is C30H35N3O4. The lowest BCUT2D eigenvalue weighted by molar-refractivity contribution is 0.0599. The van der Waals surface area contributed by atoms with Gasteiger partial charge in [0.15, 0.2) is 0 Å². The number of aromatic nitrogens is 1. The van der Waals surface area contributed by atoms with E-state index < -0.39 is 0 Å². The Kier molecular flexibility index (Phi) is 9.13. The summed E-state index contributed by atoms with van der Waals surface area (Å²) in [4.78, 5) is 34.9. The van der Waals surface area contributed by atoms with Crippen molar-refractivity contribution in [2.45, 2.75) is 38.1 Å². The summed E-state index contributed by atoms with van der Waals surface area (Å²) in [5, 5.41) is 0. The SMILES string of the molecule is COc1ccc(C(=O)N2CCCCCCN(C)C(=O)c3ccccc3OC[C@@H]2Cc2ccccc2)cn1. The number of benzene rings is 2. The van der Waals surface area contributed by atoms with Crippen LogP contribution in [0.5, 0.6) is 11.6 Å². The van der Waals surface area contributed by atoms with Gasteiger partial charge < -0.3 is 19.3 Å². The standard InChI is InChI=1S/C30H35N3O4/c1-32-18-10-3-4-11-19-33(29(34)24-16-17-28(36-2)31-21-24)25(20-23-12-6-5-7-13-23)22-37-27-15-9-8-14-26(27)30(32)35/h5-9,12-17,21,25H,3-4,10-11,18-20,22H2,1-2H3/t25-/m0/s1. The Morgan fingerprint density at radius 1 is 0.973 bits per heavy atom. The maximum Gasteiger partial charge on any atom is 0.257 e. The van der Waals surface area contributed by atoms with Crippen molar-refractivity contribution in [3.05, 3.63) is 89.6 Å². The van der Waals surface area contributed by atoms with Gasteiger partial charge in [-0.15, -0.1) is 0 Å². The molecule has 2 heterocycles.